The van der Waals surface area contributed by atoms with Crippen LogP contribution in [0.1, 0.15) is 27.2 Å². The van der Waals surface area contributed by atoms with Crippen molar-refractivity contribution in [2.24, 2.45) is 11.8 Å². The average molecular weight is 160 g/mol. The first kappa shape index (κ1) is 8.98. The van der Waals surface area contributed by atoms with Crippen molar-refractivity contribution in [3.63, 3.8) is 0 Å². The summed E-state index contributed by atoms with van der Waals surface area (Å²) in [4.78, 5) is 0. The van der Waals surface area contributed by atoms with Crippen molar-refractivity contribution in [2.45, 2.75) is 39.5 Å². The molecule has 2 heteroatoms. The molecule has 0 bridgehead atoms. The highest BCUT2D eigenvalue weighted by Crippen LogP contribution is 2.29. The molecule has 4 atom stereocenters. The van der Waals surface area contributed by atoms with Crippen molar-refractivity contribution in [1.82, 2.24) is 0 Å². The summed E-state index contributed by atoms with van der Waals surface area (Å²) in [5, 5.41) is 0. The van der Waals surface area contributed by atoms with Crippen LogP contribution in [0.2, 0.25) is 0 Å². The van der Waals surface area contributed by atoms with Crippen LogP contribution in [-0.4, -0.2) is 18.9 Å². The van der Waals surface area contributed by atoms with Crippen LogP contribution in [0.3, 0.4) is 0 Å². The lowest BCUT2D eigenvalue weighted by atomic mass is 9.87. The van der Waals surface area contributed by atoms with Crippen LogP contribution in [0, 0.1) is 11.8 Å². The zero-order chi connectivity index (χ0) is 8.43. The molecule has 0 saturated carbocycles. The van der Waals surface area contributed by atoms with Gasteiger partial charge in [0, 0.05) is 11.8 Å². The van der Waals surface area contributed by atoms with E-state index in [1.807, 2.05) is 20.8 Å². The SMILES string of the molecule is CC[C@H]1OC[C@@H](C)[C@H](F)[C@@H]1C. The standard InChI is InChI=1S/C9H17FO/c1-4-8-7(3)9(10)6(2)5-11-8/h6-9H,4-5H2,1-3H3/t6-,7-,8-,9+/m1/s1. The van der Waals surface area contributed by atoms with E-state index in [2.05, 4.69) is 0 Å². The van der Waals surface area contributed by atoms with Gasteiger partial charge in [0.15, 0.2) is 0 Å². The summed E-state index contributed by atoms with van der Waals surface area (Å²) in [5.74, 6) is 0.150. The summed E-state index contributed by atoms with van der Waals surface area (Å²) in [6.07, 6.45) is 0.392. The Hall–Kier alpha value is -0.110. The van der Waals surface area contributed by atoms with Crippen LogP contribution < -0.4 is 0 Å². The smallest absolute Gasteiger partial charge is 0.110 e. The van der Waals surface area contributed by atoms with Gasteiger partial charge in [-0.2, -0.15) is 0 Å². The van der Waals surface area contributed by atoms with Crippen molar-refractivity contribution in [1.29, 1.82) is 0 Å². The van der Waals surface area contributed by atoms with Crippen molar-refractivity contribution in [3.8, 4) is 0 Å². The molecule has 1 rings (SSSR count). The van der Waals surface area contributed by atoms with E-state index >= 15 is 0 Å². The second kappa shape index (κ2) is 3.53. The van der Waals surface area contributed by atoms with Gasteiger partial charge in [-0.25, -0.2) is 4.39 Å². The Morgan fingerprint density at radius 3 is 2.64 bits per heavy atom. The molecule has 1 aliphatic heterocycles. The number of rotatable bonds is 1. The summed E-state index contributed by atoms with van der Waals surface area (Å²) < 4.78 is 18.8. The van der Waals surface area contributed by atoms with Gasteiger partial charge >= 0.3 is 0 Å². The van der Waals surface area contributed by atoms with Gasteiger partial charge in [0.05, 0.1) is 12.7 Å². The van der Waals surface area contributed by atoms with Gasteiger partial charge in [-0.15, -0.1) is 0 Å². The summed E-state index contributed by atoms with van der Waals surface area (Å²) in [7, 11) is 0. The predicted octanol–water partition coefficient (Wildman–Crippen LogP) is 2.41. The number of ether oxygens (including phenoxy) is 1. The maximum absolute atomic E-state index is 13.3. The minimum atomic E-state index is -0.673. The molecular weight excluding hydrogens is 143 g/mol. The van der Waals surface area contributed by atoms with E-state index in [-0.39, 0.29) is 17.9 Å². The molecule has 1 fully saturated rings. The first-order valence-corrected chi connectivity index (χ1v) is 4.42. The molecule has 1 aliphatic rings. The fourth-order valence-electron chi connectivity index (χ4n) is 1.73. The van der Waals surface area contributed by atoms with Crippen molar-refractivity contribution >= 4 is 0 Å². The molecule has 1 saturated heterocycles. The molecule has 1 nitrogen and oxygen atoms in total. The van der Waals surface area contributed by atoms with Gasteiger partial charge in [-0.1, -0.05) is 20.8 Å². The number of alkyl halides is 1. The van der Waals surface area contributed by atoms with Gasteiger partial charge in [0.2, 0.25) is 0 Å². The molecule has 1 heterocycles. The summed E-state index contributed by atoms with van der Waals surface area (Å²) in [6, 6.07) is 0. The van der Waals surface area contributed by atoms with Gasteiger partial charge in [0.1, 0.15) is 6.17 Å². The lowest BCUT2D eigenvalue weighted by molar-refractivity contribution is -0.0906. The Labute approximate surface area is 67.9 Å². The Bertz CT molecular complexity index is 125. The van der Waals surface area contributed by atoms with E-state index in [0.717, 1.165) is 6.42 Å². The van der Waals surface area contributed by atoms with Crippen LogP contribution >= 0.6 is 0 Å². The van der Waals surface area contributed by atoms with Gasteiger partial charge in [0.25, 0.3) is 0 Å². The minimum Gasteiger partial charge on any atom is -0.377 e. The van der Waals surface area contributed by atoms with Crippen LogP contribution in [0.15, 0.2) is 0 Å². The van der Waals surface area contributed by atoms with E-state index in [0.29, 0.717) is 6.61 Å². The fraction of sp³-hybridized carbons (Fsp3) is 1.00. The highest BCUT2D eigenvalue weighted by Gasteiger charge is 2.34. The molecule has 0 aromatic rings. The number of halogens is 1. The third-order valence-corrected chi connectivity index (χ3v) is 2.61. The Balaban J connectivity index is 2.52. The quantitative estimate of drug-likeness (QED) is 0.572. The van der Waals surface area contributed by atoms with Crippen LogP contribution in [0.25, 0.3) is 0 Å². The zero-order valence-electron chi connectivity index (χ0n) is 7.51. The molecule has 0 radical (unpaired) electrons. The van der Waals surface area contributed by atoms with Crippen molar-refractivity contribution < 1.29 is 9.13 Å². The molecule has 66 valence electrons. The monoisotopic (exact) mass is 160 g/mol. The van der Waals surface area contributed by atoms with E-state index in [1.54, 1.807) is 0 Å². The molecule has 0 spiro atoms. The van der Waals surface area contributed by atoms with Gasteiger partial charge < -0.3 is 4.74 Å². The first-order valence-electron chi connectivity index (χ1n) is 4.42. The second-order valence-electron chi connectivity index (χ2n) is 3.56. The van der Waals surface area contributed by atoms with E-state index in [1.165, 1.54) is 0 Å². The fourth-order valence-corrected chi connectivity index (χ4v) is 1.73. The second-order valence-corrected chi connectivity index (χ2v) is 3.56. The molecule has 0 aromatic carbocycles. The van der Waals surface area contributed by atoms with Crippen LogP contribution in [0.5, 0.6) is 0 Å². The normalized spacial score (nSPS) is 45.8. The molecule has 11 heavy (non-hydrogen) atoms. The zero-order valence-corrected chi connectivity index (χ0v) is 7.51. The highest BCUT2D eigenvalue weighted by molar-refractivity contribution is 4.81. The number of hydrogen-bond donors (Lipinski definition) is 0. The largest absolute Gasteiger partial charge is 0.377 e. The Morgan fingerprint density at radius 1 is 1.45 bits per heavy atom. The molecule has 0 aromatic heterocycles. The highest BCUT2D eigenvalue weighted by atomic mass is 19.1. The molecule has 0 unspecified atom stereocenters. The Morgan fingerprint density at radius 2 is 2.09 bits per heavy atom. The summed E-state index contributed by atoms with van der Waals surface area (Å²) in [5.41, 5.74) is 0. The molecule has 0 N–H and O–H groups in total. The van der Waals surface area contributed by atoms with Crippen LogP contribution in [0.4, 0.5) is 4.39 Å². The average Bonchev–Trinajstić information content (AvgIpc) is 2.01. The molecule has 0 amide bonds. The van der Waals surface area contributed by atoms with Gasteiger partial charge in [-0.05, 0) is 6.42 Å². The summed E-state index contributed by atoms with van der Waals surface area (Å²) in [6.45, 7) is 6.48. The van der Waals surface area contributed by atoms with Crippen molar-refractivity contribution in [3.05, 3.63) is 0 Å². The summed E-state index contributed by atoms with van der Waals surface area (Å²) >= 11 is 0. The van der Waals surface area contributed by atoms with Gasteiger partial charge in [-0.3, -0.25) is 0 Å². The third kappa shape index (κ3) is 1.73. The topological polar surface area (TPSA) is 9.23 Å². The van der Waals surface area contributed by atoms with Crippen molar-refractivity contribution in [2.75, 3.05) is 6.61 Å². The molecule has 0 aliphatic carbocycles. The minimum absolute atomic E-state index is 0.0729. The maximum Gasteiger partial charge on any atom is 0.110 e. The van der Waals surface area contributed by atoms with Crippen LogP contribution in [-0.2, 0) is 4.74 Å². The first-order chi connectivity index (χ1) is 5.16. The molecular formula is C9H17FO. The Kier molecular flexibility index (Phi) is 2.88. The predicted molar refractivity (Wildman–Crippen MR) is 43.3 cm³/mol. The lowest BCUT2D eigenvalue weighted by Gasteiger charge is -2.35. The maximum atomic E-state index is 13.3. The number of hydrogen-bond acceptors (Lipinski definition) is 1. The lowest BCUT2D eigenvalue weighted by Crippen LogP contribution is -2.40. The van der Waals surface area contributed by atoms with E-state index < -0.39 is 6.17 Å². The van der Waals surface area contributed by atoms with E-state index in [9.17, 15) is 4.39 Å². The third-order valence-electron chi connectivity index (χ3n) is 2.61. The van der Waals surface area contributed by atoms with E-state index in [4.69, 9.17) is 4.74 Å².